The van der Waals surface area contributed by atoms with Crippen LogP contribution in [0.15, 0.2) is 24.3 Å². The molecule has 0 saturated carbocycles. The Bertz CT molecular complexity index is 639. The third-order valence-electron chi connectivity index (χ3n) is 2.49. The highest BCUT2D eigenvalue weighted by molar-refractivity contribution is 5.60. The van der Waals surface area contributed by atoms with Gasteiger partial charge in [-0.15, -0.1) is 0 Å². The summed E-state index contributed by atoms with van der Waals surface area (Å²) in [7, 11) is 0. The molecule has 3 N–H and O–H groups in total. The van der Waals surface area contributed by atoms with Crippen molar-refractivity contribution >= 4 is 17.2 Å². The minimum Gasteiger partial charge on any atom is -0.473 e. The zero-order chi connectivity index (χ0) is 15.6. The van der Waals surface area contributed by atoms with Crippen LogP contribution in [0.2, 0.25) is 0 Å². The number of rotatable bonds is 4. The third-order valence-corrected chi connectivity index (χ3v) is 2.49. The van der Waals surface area contributed by atoms with E-state index in [4.69, 9.17) is 10.5 Å². The van der Waals surface area contributed by atoms with Crippen LogP contribution >= 0.6 is 0 Å². The number of nitrogens with zero attached hydrogens (tertiary/aromatic N) is 1. The number of benzene rings is 1. The van der Waals surface area contributed by atoms with Crippen LogP contribution in [0.3, 0.4) is 0 Å². The molecule has 1 aromatic carbocycles. The maximum atomic E-state index is 13.1. The minimum atomic E-state index is -1.52. The van der Waals surface area contributed by atoms with Crippen molar-refractivity contribution in [2.24, 2.45) is 0 Å². The van der Waals surface area contributed by atoms with Gasteiger partial charge in [0, 0.05) is 17.8 Å². The van der Waals surface area contributed by atoms with Crippen LogP contribution in [-0.2, 0) is 0 Å². The lowest BCUT2D eigenvalue weighted by Gasteiger charge is -2.13. The van der Waals surface area contributed by atoms with Gasteiger partial charge in [-0.1, -0.05) is 0 Å². The van der Waals surface area contributed by atoms with E-state index in [1.807, 2.05) is 13.8 Å². The number of hydrogen-bond donors (Lipinski definition) is 2. The molecule has 0 aliphatic rings. The summed E-state index contributed by atoms with van der Waals surface area (Å²) < 4.78 is 44.6. The maximum Gasteiger partial charge on any atom is 0.239 e. The molecule has 0 spiro atoms. The third kappa shape index (κ3) is 3.56. The molecular weight excluding hydrogens is 283 g/mol. The molecule has 0 radical (unpaired) electrons. The molecule has 0 amide bonds. The van der Waals surface area contributed by atoms with Gasteiger partial charge in [0.1, 0.15) is 5.82 Å². The van der Waals surface area contributed by atoms with Crippen molar-refractivity contribution in [1.82, 2.24) is 4.98 Å². The molecule has 2 aromatic rings. The van der Waals surface area contributed by atoms with E-state index in [1.165, 1.54) is 6.07 Å². The van der Waals surface area contributed by atoms with Crippen molar-refractivity contribution in [2.75, 3.05) is 11.1 Å². The van der Waals surface area contributed by atoms with Gasteiger partial charge in [0.05, 0.1) is 11.8 Å². The van der Waals surface area contributed by atoms with Crippen molar-refractivity contribution < 1.29 is 17.9 Å². The Balaban J connectivity index is 2.27. The van der Waals surface area contributed by atoms with Gasteiger partial charge < -0.3 is 15.8 Å². The Labute approximate surface area is 119 Å². The first-order valence-electron chi connectivity index (χ1n) is 6.21. The van der Waals surface area contributed by atoms with Crippen molar-refractivity contribution in [3.63, 3.8) is 0 Å². The van der Waals surface area contributed by atoms with Crippen molar-refractivity contribution in [3.8, 4) is 5.88 Å². The molecule has 0 fully saturated rings. The van der Waals surface area contributed by atoms with Gasteiger partial charge in [0.15, 0.2) is 17.5 Å². The van der Waals surface area contributed by atoms with Gasteiger partial charge in [0.25, 0.3) is 0 Å². The number of nitrogens with two attached hydrogens (primary N) is 1. The fraction of sp³-hybridized carbons (Fsp3) is 0.214. The number of nitrogen functional groups attached to an aromatic ring is 1. The standard InChI is InChI=1S/C14H14F3N3O/c1-7(2)21-14-11(18)3-4-12(20-14)19-8-5-9(15)13(17)10(16)6-8/h3-7H,18H2,1-2H3,(H,19,20). The molecule has 4 nitrogen and oxygen atoms in total. The van der Waals surface area contributed by atoms with E-state index in [9.17, 15) is 13.2 Å². The highest BCUT2D eigenvalue weighted by Crippen LogP contribution is 2.25. The number of halogens is 3. The highest BCUT2D eigenvalue weighted by Gasteiger charge is 2.12. The molecule has 0 aliphatic heterocycles. The van der Waals surface area contributed by atoms with Crippen molar-refractivity contribution in [1.29, 1.82) is 0 Å². The van der Waals surface area contributed by atoms with Crippen LogP contribution in [0, 0.1) is 17.5 Å². The summed E-state index contributed by atoms with van der Waals surface area (Å²) in [6, 6.07) is 4.73. The van der Waals surface area contributed by atoms with Gasteiger partial charge in [-0.05, 0) is 26.0 Å². The second-order valence-electron chi connectivity index (χ2n) is 4.64. The summed E-state index contributed by atoms with van der Waals surface area (Å²) in [6.45, 7) is 3.62. The van der Waals surface area contributed by atoms with Crippen molar-refractivity contribution in [2.45, 2.75) is 20.0 Å². The van der Waals surface area contributed by atoms with Gasteiger partial charge in [-0.3, -0.25) is 0 Å². The lowest BCUT2D eigenvalue weighted by molar-refractivity contribution is 0.234. The summed E-state index contributed by atoms with van der Waals surface area (Å²) in [5, 5.41) is 2.66. The fourth-order valence-electron chi connectivity index (χ4n) is 1.61. The second-order valence-corrected chi connectivity index (χ2v) is 4.64. The predicted molar refractivity (Wildman–Crippen MR) is 74.0 cm³/mol. The van der Waals surface area contributed by atoms with E-state index in [2.05, 4.69) is 10.3 Å². The molecule has 0 saturated heterocycles. The van der Waals surface area contributed by atoms with Gasteiger partial charge >= 0.3 is 0 Å². The number of ether oxygens (including phenoxy) is 1. The molecule has 0 bridgehead atoms. The van der Waals surface area contributed by atoms with Gasteiger partial charge in [0.2, 0.25) is 5.88 Å². The van der Waals surface area contributed by atoms with E-state index in [0.29, 0.717) is 5.69 Å². The monoisotopic (exact) mass is 297 g/mol. The first-order valence-corrected chi connectivity index (χ1v) is 6.21. The summed E-state index contributed by atoms with van der Waals surface area (Å²) in [5.74, 6) is -3.61. The topological polar surface area (TPSA) is 60.2 Å². The quantitative estimate of drug-likeness (QED) is 0.846. The molecule has 112 valence electrons. The Morgan fingerprint density at radius 3 is 2.33 bits per heavy atom. The number of aromatic nitrogens is 1. The molecule has 2 rings (SSSR count). The summed E-state index contributed by atoms with van der Waals surface area (Å²) in [6.07, 6.45) is -0.129. The Morgan fingerprint density at radius 2 is 1.76 bits per heavy atom. The Morgan fingerprint density at radius 1 is 1.14 bits per heavy atom. The second kappa shape index (κ2) is 5.90. The zero-order valence-electron chi connectivity index (χ0n) is 11.5. The van der Waals surface area contributed by atoms with Crippen LogP contribution < -0.4 is 15.8 Å². The predicted octanol–water partition coefficient (Wildman–Crippen LogP) is 3.61. The molecule has 0 atom stereocenters. The first-order chi connectivity index (χ1) is 9.86. The molecule has 1 aromatic heterocycles. The Kier molecular flexibility index (Phi) is 4.21. The fourth-order valence-corrected chi connectivity index (χ4v) is 1.61. The lowest BCUT2D eigenvalue weighted by atomic mass is 10.3. The van der Waals surface area contributed by atoms with E-state index in [1.54, 1.807) is 6.07 Å². The molecule has 0 aliphatic carbocycles. The lowest BCUT2D eigenvalue weighted by Crippen LogP contribution is -2.09. The zero-order valence-corrected chi connectivity index (χ0v) is 11.5. The Hall–Kier alpha value is -2.44. The average molecular weight is 297 g/mol. The van der Waals surface area contributed by atoms with Gasteiger partial charge in [-0.2, -0.15) is 4.98 Å². The maximum absolute atomic E-state index is 13.1. The van der Waals surface area contributed by atoms with E-state index < -0.39 is 17.5 Å². The number of pyridine rings is 1. The normalized spacial score (nSPS) is 10.8. The number of nitrogens with one attached hydrogen (secondary N) is 1. The number of hydrogen-bond acceptors (Lipinski definition) is 4. The smallest absolute Gasteiger partial charge is 0.239 e. The van der Waals surface area contributed by atoms with Gasteiger partial charge in [-0.25, -0.2) is 13.2 Å². The molecule has 0 unspecified atom stereocenters. The minimum absolute atomic E-state index is 0.0270. The van der Waals surface area contributed by atoms with Crippen LogP contribution in [0.4, 0.5) is 30.4 Å². The molecule has 7 heteroatoms. The average Bonchev–Trinajstić information content (AvgIpc) is 2.39. The molecule has 1 heterocycles. The van der Waals surface area contributed by atoms with E-state index in [0.717, 1.165) is 12.1 Å². The molecule has 21 heavy (non-hydrogen) atoms. The van der Waals surface area contributed by atoms with Crippen LogP contribution in [0.25, 0.3) is 0 Å². The molecular formula is C14H14F3N3O. The summed E-state index contributed by atoms with van der Waals surface area (Å²) >= 11 is 0. The number of anilines is 3. The SMILES string of the molecule is CC(C)Oc1nc(Nc2cc(F)c(F)c(F)c2)ccc1N. The summed E-state index contributed by atoms with van der Waals surface area (Å²) in [4.78, 5) is 4.09. The van der Waals surface area contributed by atoms with Crippen LogP contribution in [-0.4, -0.2) is 11.1 Å². The first kappa shape index (κ1) is 15.0. The van der Waals surface area contributed by atoms with Crippen LogP contribution in [0.5, 0.6) is 5.88 Å². The summed E-state index contributed by atoms with van der Waals surface area (Å²) in [5.41, 5.74) is 6.08. The van der Waals surface area contributed by atoms with Crippen LogP contribution in [0.1, 0.15) is 13.8 Å². The highest BCUT2D eigenvalue weighted by atomic mass is 19.2. The van der Waals surface area contributed by atoms with E-state index >= 15 is 0 Å². The van der Waals surface area contributed by atoms with Crippen molar-refractivity contribution in [3.05, 3.63) is 41.7 Å². The van der Waals surface area contributed by atoms with E-state index in [-0.39, 0.29) is 23.5 Å². The largest absolute Gasteiger partial charge is 0.473 e.